The molecule has 1 aromatic heterocycles. The van der Waals surface area contributed by atoms with E-state index in [1.165, 1.54) is 0 Å². The van der Waals surface area contributed by atoms with Crippen molar-refractivity contribution in [2.45, 2.75) is 33.4 Å². The summed E-state index contributed by atoms with van der Waals surface area (Å²) in [6, 6.07) is 7.85. The van der Waals surface area contributed by atoms with Crippen molar-refractivity contribution in [3.8, 4) is 0 Å². The SMILES string of the molecule is Cc1cc(COC(=O)[C@@H](NC(=O)c2ccc(Br)cc2)C(C)C)no1. The van der Waals surface area contributed by atoms with E-state index < -0.39 is 12.0 Å². The third-order valence-electron chi connectivity index (χ3n) is 3.35. The minimum atomic E-state index is -0.742. The van der Waals surface area contributed by atoms with Crippen LogP contribution in [0.3, 0.4) is 0 Å². The van der Waals surface area contributed by atoms with E-state index in [1.807, 2.05) is 13.8 Å². The maximum atomic E-state index is 12.3. The Morgan fingerprint density at radius 1 is 1.29 bits per heavy atom. The van der Waals surface area contributed by atoms with Gasteiger partial charge in [0, 0.05) is 16.1 Å². The summed E-state index contributed by atoms with van der Waals surface area (Å²) in [5.74, 6) is -0.299. The summed E-state index contributed by atoms with van der Waals surface area (Å²) >= 11 is 3.32. The third kappa shape index (κ3) is 4.92. The monoisotopic (exact) mass is 394 g/mol. The van der Waals surface area contributed by atoms with Crippen LogP contribution in [-0.4, -0.2) is 23.1 Å². The van der Waals surface area contributed by atoms with Crippen LogP contribution in [0.4, 0.5) is 0 Å². The topological polar surface area (TPSA) is 81.4 Å². The number of benzene rings is 1. The van der Waals surface area contributed by atoms with Gasteiger partial charge in [-0.2, -0.15) is 0 Å². The van der Waals surface area contributed by atoms with Gasteiger partial charge in [0.2, 0.25) is 0 Å². The molecule has 7 heteroatoms. The molecule has 0 saturated heterocycles. The predicted octanol–water partition coefficient (Wildman–Crippen LogP) is 3.24. The lowest BCUT2D eigenvalue weighted by molar-refractivity contribution is -0.148. The molecule has 1 aromatic carbocycles. The lowest BCUT2D eigenvalue weighted by Gasteiger charge is -2.20. The fraction of sp³-hybridized carbons (Fsp3) is 0.353. The minimum Gasteiger partial charge on any atom is -0.458 e. The largest absolute Gasteiger partial charge is 0.458 e. The van der Waals surface area contributed by atoms with Gasteiger partial charge in [-0.15, -0.1) is 0 Å². The van der Waals surface area contributed by atoms with Crippen LogP contribution in [0.15, 0.2) is 39.3 Å². The molecule has 0 bridgehead atoms. The van der Waals surface area contributed by atoms with Gasteiger partial charge in [0.05, 0.1) is 0 Å². The number of rotatable bonds is 6. The van der Waals surface area contributed by atoms with Gasteiger partial charge in [0.1, 0.15) is 24.1 Å². The summed E-state index contributed by atoms with van der Waals surface area (Å²) in [5.41, 5.74) is 1.01. The number of hydrogen-bond acceptors (Lipinski definition) is 5. The third-order valence-corrected chi connectivity index (χ3v) is 3.88. The number of nitrogens with one attached hydrogen (secondary N) is 1. The second-order valence-electron chi connectivity index (χ2n) is 5.74. The molecule has 1 N–H and O–H groups in total. The van der Waals surface area contributed by atoms with Crippen molar-refractivity contribution < 1.29 is 18.8 Å². The van der Waals surface area contributed by atoms with Crippen LogP contribution in [0.2, 0.25) is 0 Å². The zero-order chi connectivity index (χ0) is 17.7. The Labute approximate surface area is 148 Å². The first-order valence-corrected chi connectivity index (χ1v) is 8.31. The molecule has 0 unspecified atom stereocenters. The van der Waals surface area contributed by atoms with Gasteiger partial charge in [-0.25, -0.2) is 4.79 Å². The van der Waals surface area contributed by atoms with Gasteiger partial charge in [-0.3, -0.25) is 4.79 Å². The lowest BCUT2D eigenvalue weighted by Crippen LogP contribution is -2.45. The van der Waals surface area contributed by atoms with Crippen LogP contribution in [-0.2, 0) is 16.1 Å². The molecule has 0 spiro atoms. The highest BCUT2D eigenvalue weighted by Gasteiger charge is 2.26. The molecule has 1 heterocycles. The van der Waals surface area contributed by atoms with Crippen molar-refractivity contribution in [1.82, 2.24) is 10.5 Å². The quantitative estimate of drug-likeness (QED) is 0.760. The van der Waals surface area contributed by atoms with Crippen LogP contribution >= 0.6 is 15.9 Å². The molecule has 2 aromatic rings. The molecular weight excluding hydrogens is 376 g/mol. The van der Waals surface area contributed by atoms with Crippen LogP contribution in [0.1, 0.15) is 35.7 Å². The summed E-state index contributed by atoms with van der Waals surface area (Å²) in [6.07, 6.45) is 0. The van der Waals surface area contributed by atoms with Crippen molar-refractivity contribution in [3.05, 3.63) is 51.8 Å². The second kappa shape index (κ2) is 8.10. The summed E-state index contributed by atoms with van der Waals surface area (Å²) in [6.45, 7) is 5.45. The Morgan fingerprint density at radius 2 is 1.96 bits per heavy atom. The van der Waals surface area contributed by atoms with E-state index in [-0.39, 0.29) is 18.4 Å². The Morgan fingerprint density at radius 3 is 2.50 bits per heavy atom. The van der Waals surface area contributed by atoms with Gasteiger partial charge in [0.15, 0.2) is 0 Å². The Bertz CT molecular complexity index is 710. The molecule has 0 aliphatic heterocycles. The fourth-order valence-electron chi connectivity index (χ4n) is 2.04. The molecule has 6 nitrogen and oxygen atoms in total. The van der Waals surface area contributed by atoms with Crippen LogP contribution in [0, 0.1) is 12.8 Å². The first-order valence-electron chi connectivity index (χ1n) is 7.52. The number of hydrogen-bond donors (Lipinski definition) is 1. The molecule has 0 radical (unpaired) electrons. The van der Waals surface area contributed by atoms with Crippen molar-refractivity contribution in [1.29, 1.82) is 0 Å². The van der Waals surface area contributed by atoms with Gasteiger partial charge in [-0.1, -0.05) is 34.9 Å². The van der Waals surface area contributed by atoms with Crippen molar-refractivity contribution in [2.75, 3.05) is 0 Å². The maximum absolute atomic E-state index is 12.3. The second-order valence-corrected chi connectivity index (χ2v) is 6.65. The summed E-state index contributed by atoms with van der Waals surface area (Å²) in [5, 5.41) is 6.49. The molecule has 128 valence electrons. The van der Waals surface area contributed by atoms with Crippen molar-refractivity contribution in [2.24, 2.45) is 5.92 Å². The van der Waals surface area contributed by atoms with Crippen LogP contribution < -0.4 is 5.32 Å². The zero-order valence-corrected chi connectivity index (χ0v) is 15.3. The highest BCUT2D eigenvalue weighted by atomic mass is 79.9. The fourth-order valence-corrected chi connectivity index (χ4v) is 2.31. The number of amides is 1. The van der Waals surface area contributed by atoms with Crippen LogP contribution in [0.5, 0.6) is 0 Å². The maximum Gasteiger partial charge on any atom is 0.329 e. The van der Waals surface area contributed by atoms with E-state index in [0.29, 0.717) is 17.0 Å². The number of aromatic nitrogens is 1. The number of ether oxygens (including phenoxy) is 1. The van der Waals surface area contributed by atoms with Gasteiger partial charge in [0.25, 0.3) is 5.91 Å². The first kappa shape index (κ1) is 18.2. The van der Waals surface area contributed by atoms with Gasteiger partial charge >= 0.3 is 5.97 Å². The standard InChI is InChI=1S/C17H19BrN2O4/c1-10(2)15(17(22)23-9-14-8-11(3)24-20-14)19-16(21)12-4-6-13(18)7-5-12/h4-8,10,15H,9H2,1-3H3,(H,19,21)/t15-/m0/s1. The molecule has 0 aliphatic carbocycles. The molecular formula is C17H19BrN2O4. The highest BCUT2D eigenvalue weighted by molar-refractivity contribution is 9.10. The summed E-state index contributed by atoms with van der Waals surface area (Å²) in [4.78, 5) is 24.6. The molecule has 1 atom stereocenters. The lowest BCUT2D eigenvalue weighted by atomic mass is 10.0. The minimum absolute atomic E-state index is 0.00749. The molecule has 1 amide bonds. The average Bonchev–Trinajstić information content (AvgIpc) is 2.96. The van der Waals surface area contributed by atoms with Gasteiger partial charge in [-0.05, 0) is 37.1 Å². The highest BCUT2D eigenvalue weighted by Crippen LogP contribution is 2.12. The van der Waals surface area contributed by atoms with E-state index >= 15 is 0 Å². The molecule has 2 rings (SSSR count). The number of esters is 1. The van der Waals surface area contributed by atoms with E-state index in [0.717, 1.165) is 4.47 Å². The van der Waals surface area contributed by atoms with E-state index in [1.54, 1.807) is 37.3 Å². The number of carbonyl (C=O) groups excluding carboxylic acids is 2. The molecule has 0 fully saturated rings. The number of halogens is 1. The Balaban J connectivity index is 1.98. The normalized spacial score (nSPS) is 12.0. The van der Waals surface area contributed by atoms with Gasteiger partial charge < -0.3 is 14.6 Å². The Hall–Kier alpha value is -2.15. The smallest absolute Gasteiger partial charge is 0.329 e. The van der Waals surface area contributed by atoms with Crippen molar-refractivity contribution >= 4 is 27.8 Å². The van der Waals surface area contributed by atoms with E-state index in [4.69, 9.17) is 9.26 Å². The molecule has 0 aliphatic rings. The number of nitrogens with zero attached hydrogens (tertiary/aromatic N) is 1. The molecule has 0 saturated carbocycles. The van der Waals surface area contributed by atoms with Crippen LogP contribution in [0.25, 0.3) is 0 Å². The first-order chi connectivity index (χ1) is 11.4. The number of carbonyl (C=O) groups is 2. The summed E-state index contributed by atoms with van der Waals surface area (Å²) in [7, 11) is 0. The van der Waals surface area contributed by atoms with E-state index in [9.17, 15) is 9.59 Å². The summed E-state index contributed by atoms with van der Waals surface area (Å²) < 4.78 is 11.0. The molecule has 24 heavy (non-hydrogen) atoms. The van der Waals surface area contributed by atoms with E-state index in [2.05, 4.69) is 26.4 Å². The predicted molar refractivity (Wildman–Crippen MR) is 91.3 cm³/mol. The Kier molecular flexibility index (Phi) is 6.14. The average molecular weight is 395 g/mol. The van der Waals surface area contributed by atoms with Crippen molar-refractivity contribution in [3.63, 3.8) is 0 Å². The zero-order valence-electron chi connectivity index (χ0n) is 13.7. The number of aryl methyl sites for hydroxylation is 1.